The molecular formula is C34H33FN4O3. The van der Waals surface area contributed by atoms with E-state index in [1.165, 1.54) is 23.2 Å². The molecule has 0 saturated heterocycles. The Kier molecular flexibility index (Phi) is 9.23. The molecule has 1 N–H and O–H groups in total. The highest BCUT2D eigenvalue weighted by atomic mass is 19.1. The van der Waals surface area contributed by atoms with E-state index < -0.39 is 0 Å². The van der Waals surface area contributed by atoms with E-state index >= 15 is 0 Å². The van der Waals surface area contributed by atoms with Crippen molar-refractivity contribution < 1.29 is 18.7 Å². The first-order valence-electron chi connectivity index (χ1n) is 14.0. The van der Waals surface area contributed by atoms with Crippen molar-refractivity contribution >= 4 is 22.7 Å². The first-order valence-corrected chi connectivity index (χ1v) is 14.0. The number of para-hydroxylation sites is 1. The second-order valence-corrected chi connectivity index (χ2v) is 10.0. The van der Waals surface area contributed by atoms with Crippen LogP contribution in [0.5, 0.6) is 5.75 Å². The molecule has 0 unspecified atom stereocenters. The second-order valence-electron chi connectivity index (χ2n) is 10.0. The molecule has 0 aliphatic rings. The average molecular weight is 565 g/mol. The summed E-state index contributed by atoms with van der Waals surface area (Å²) in [7, 11) is 0. The van der Waals surface area contributed by atoms with Gasteiger partial charge in [-0.05, 0) is 72.5 Å². The van der Waals surface area contributed by atoms with Gasteiger partial charge in [0.1, 0.15) is 18.1 Å². The third-order valence-electron chi connectivity index (χ3n) is 7.09. The summed E-state index contributed by atoms with van der Waals surface area (Å²) in [6, 6.07) is 25.1. The summed E-state index contributed by atoms with van der Waals surface area (Å²) in [5.41, 5.74) is 4.21. The highest BCUT2D eigenvalue weighted by Crippen LogP contribution is 2.20. The van der Waals surface area contributed by atoms with Crippen LogP contribution in [0.3, 0.4) is 0 Å². The number of halogens is 1. The number of rotatable bonds is 12. The van der Waals surface area contributed by atoms with Crippen LogP contribution >= 0.6 is 0 Å². The number of pyridine rings is 1. The molecule has 5 rings (SSSR count). The van der Waals surface area contributed by atoms with Crippen molar-refractivity contribution in [3.05, 3.63) is 132 Å². The van der Waals surface area contributed by atoms with Gasteiger partial charge < -0.3 is 19.5 Å². The Balaban J connectivity index is 1.39. The number of aromatic nitrogens is 2. The number of nitrogens with one attached hydrogen (secondary N) is 1. The van der Waals surface area contributed by atoms with Gasteiger partial charge in [0.05, 0.1) is 12.2 Å². The quantitative estimate of drug-likeness (QED) is 0.201. The number of amides is 2. The molecule has 42 heavy (non-hydrogen) atoms. The molecule has 0 bridgehead atoms. The summed E-state index contributed by atoms with van der Waals surface area (Å²) < 4.78 is 19.2. The van der Waals surface area contributed by atoms with Crippen molar-refractivity contribution in [1.82, 2.24) is 19.8 Å². The van der Waals surface area contributed by atoms with Crippen LogP contribution < -0.4 is 4.74 Å². The number of aromatic amines is 1. The molecule has 2 aromatic heterocycles. The Labute approximate surface area is 244 Å². The van der Waals surface area contributed by atoms with Gasteiger partial charge in [-0.25, -0.2) is 4.39 Å². The molecule has 0 saturated carbocycles. The lowest BCUT2D eigenvalue weighted by molar-refractivity contribution is -0.132. The minimum absolute atomic E-state index is 0.143. The predicted molar refractivity (Wildman–Crippen MR) is 160 cm³/mol. The minimum Gasteiger partial charge on any atom is -0.494 e. The Morgan fingerprint density at radius 2 is 1.60 bits per heavy atom. The van der Waals surface area contributed by atoms with Gasteiger partial charge in [-0.15, -0.1) is 0 Å². The maximum Gasteiger partial charge on any atom is 0.256 e. The summed E-state index contributed by atoms with van der Waals surface area (Å²) in [6.45, 7) is 3.35. The van der Waals surface area contributed by atoms with Gasteiger partial charge in [0.2, 0.25) is 5.91 Å². The van der Waals surface area contributed by atoms with Crippen molar-refractivity contribution in [2.45, 2.75) is 26.4 Å². The fraction of sp³-hybridized carbons (Fsp3) is 0.206. The van der Waals surface area contributed by atoms with Crippen molar-refractivity contribution in [2.75, 3.05) is 19.7 Å². The summed E-state index contributed by atoms with van der Waals surface area (Å²) in [5, 5.41) is 1.12. The molecule has 0 radical (unpaired) electrons. The first kappa shape index (κ1) is 28.5. The van der Waals surface area contributed by atoms with E-state index in [0.717, 1.165) is 33.3 Å². The summed E-state index contributed by atoms with van der Waals surface area (Å²) >= 11 is 0. The number of hydrogen-bond acceptors (Lipinski definition) is 4. The molecule has 0 atom stereocenters. The molecule has 0 fully saturated rings. The summed E-state index contributed by atoms with van der Waals surface area (Å²) in [4.78, 5) is 38.2. The van der Waals surface area contributed by atoms with E-state index in [9.17, 15) is 14.0 Å². The van der Waals surface area contributed by atoms with Crippen LogP contribution in [0.15, 0.2) is 104 Å². The van der Waals surface area contributed by atoms with Crippen LogP contribution in [0.2, 0.25) is 0 Å². The largest absolute Gasteiger partial charge is 0.494 e. The molecule has 0 spiro atoms. The number of carbonyl (C=O) groups is 2. The molecule has 5 aromatic rings. The van der Waals surface area contributed by atoms with E-state index in [1.807, 2.05) is 55.6 Å². The Morgan fingerprint density at radius 1 is 0.881 bits per heavy atom. The van der Waals surface area contributed by atoms with Crippen LogP contribution in [0.1, 0.15) is 34.0 Å². The van der Waals surface area contributed by atoms with E-state index in [0.29, 0.717) is 31.7 Å². The first-order chi connectivity index (χ1) is 20.5. The lowest BCUT2D eigenvalue weighted by Gasteiger charge is -2.28. The topological polar surface area (TPSA) is 78.5 Å². The number of fused-ring (bicyclic) bond motifs is 1. The summed E-state index contributed by atoms with van der Waals surface area (Å²) in [6.07, 6.45) is 5.70. The molecule has 0 aliphatic heterocycles. The Bertz CT molecular complexity index is 1620. The number of hydrogen-bond donors (Lipinski definition) is 1. The maximum absolute atomic E-state index is 14.0. The zero-order valence-corrected chi connectivity index (χ0v) is 23.5. The van der Waals surface area contributed by atoms with Gasteiger partial charge in [0, 0.05) is 49.1 Å². The van der Waals surface area contributed by atoms with Crippen LogP contribution in [0.25, 0.3) is 10.9 Å². The molecule has 2 amide bonds. The van der Waals surface area contributed by atoms with Crippen molar-refractivity contribution in [2.24, 2.45) is 0 Å². The van der Waals surface area contributed by atoms with Gasteiger partial charge in [-0.1, -0.05) is 42.5 Å². The van der Waals surface area contributed by atoms with E-state index in [2.05, 4.69) is 16.0 Å². The number of carbonyl (C=O) groups excluding carboxylic acids is 2. The van der Waals surface area contributed by atoms with Crippen LogP contribution in [-0.4, -0.2) is 51.3 Å². The van der Waals surface area contributed by atoms with Crippen LogP contribution in [0.4, 0.5) is 4.39 Å². The van der Waals surface area contributed by atoms with E-state index in [-0.39, 0.29) is 30.7 Å². The zero-order valence-electron chi connectivity index (χ0n) is 23.5. The van der Waals surface area contributed by atoms with Gasteiger partial charge in [-0.2, -0.15) is 0 Å². The normalized spacial score (nSPS) is 10.9. The van der Waals surface area contributed by atoms with E-state index in [4.69, 9.17) is 4.74 Å². The molecule has 7 nitrogen and oxygen atoms in total. The fourth-order valence-electron chi connectivity index (χ4n) is 4.91. The number of benzene rings is 3. The van der Waals surface area contributed by atoms with Crippen molar-refractivity contribution in [1.29, 1.82) is 0 Å². The molecular weight excluding hydrogens is 531 g/mol. The zero-order chi connectivity index (χ0) is 29.3. The Morgan fingerprint density at radius 3 is 2.31 bits per heavy atom. The number of H-pyrrole nitrogens is 1. The third-order valence-corrected chi connectivity index (χ3v) is 7.09. The molecule has 3 aromatic carbocycles. The molecule has 214 valence electrons. The van der Waals surface area contributed by atoms with Crippen LogP contribution in [-0.2, 0) is 24.3 Å². The standard InChI is InChI=1S/C34H33FN4O3/c1-2-42-30-15-11-26(12-16-30)22-38(19-17-27-21-37-32-8-4-3-7-31(27)32)33(40)24-39(23-25-9-13-29(35)14-10-25)34(41)28-6-5-18-36-20-28/h3-16,18,20-21,37H,2,17,19,22-24H2,1H3. The number of nitrogens with zero attached hydrogens (tertiary/aromatic N) is 3. The second kappa shape index (κ2) is 13.6. The molecule has 2 heterocycles. The van der Waals surface area contributed by atoms with Gasteiger partial charge in [-0.3, -0.25) is 14.6 Å². The van der Waals surface area contributed by atoms with Gasteiger partial charge in [0.25, 0.3) is 5.91 Å². The highest BCUT2D eigenvalue weighted by molar-refractivity contribution is 5.96. The monoisotopic (exact) mass is 564 g/mol. The van der Waals surface area contributed by atoms with Gasteiger partial charge in [0.15, 0.2) is 0 Å². The summed E-state index contributed by atoms with van der Waals surface area (Å²) in [5.74, 6) is -0.106. The Hall–Kier alpha value is -4.98. The predicted octanol–water partition coefficient (Wildman–Crippen LogP) is 6.01. The average Bonchev–Trinajstić information content (AvgIpc) is 3.44. The molecule has 0 aliphatic carbocycles. The fourth-order valence-corrected chi connectivity index (χ4v) is 4.91. The maximum atomic E-state index is 14.0. The molecule has 8 heteroatoms. The van der Waals surface area contributed by atoms with Crippen LogP contribution in [0, 0.1) is 5.82 Å². The van der Waals surface area contributed by atoms with Gasteiger partial charge >= 0.3 is 0 Å². The minimum atomic E-state index is -0.362. The SMILES string of the molecule is CCOc1ccc(CN(CCc2c[nH]c3ccccc23)C(=O)CN(Cc2ccc(F)cc2)C(=O)c2cccnc2)cc1. The van der Waals surface area contributed by atoms with Crippen molar-refractivity contribution in [3.8, 4) is 5.75 Å². The van der Waals surface area contributed by atoms with E-state index in [1.54, 1.807) is 35.4 Å². The lowest BCUT2D eigenvalue weighted by Crippen LogP contribution is -2.43. The highest BCUT2D eigenvalue weighted by Gasteiger charge is 2.23. The smallest absolute Gasteiger partial charge is 0.256 e. The number of ether oxygens (including phenoxy) is 1. The lowest BCUT2D eigenvalue weighted by atomic mass is 10.1. The third kappa shape index (κ3) is 7.20. The van der Waals surface area contributed by atoms with Crippen molar-refractivity contribution in [3.63, 3.8) is 0 Å².